The third-order valence-electron chi connectivity index (χ3n) is 5.98. The molecular formula is C23H25N7S2. The molecular weight excluding hydrogens is 438 g/mol. The van der Waals surface area contributed by atoms with E-state index < -0.39 is 0 Å². The van der Waals surface area contributed by atoms with Crippen molar-refractivity contribution in [1.82, 2.24) is 29.7 Å². The average Bonchev–Trinajstić information content (AvgIpc) is 3.15. The van der Waals surface area contributed by atoms with E-state index in [2.05, 4.69) is 65.8 Å². The summed E-state index contributed by atoms with van der Waals surface area (Å²) in [6.45, 7) is 7.06. The van der Waals surface area contributed by atoms with Crippen LogP contribution < -0.4 is 10.2 Å². The van der Waals surface area contributed by atoms with Crippen LogP contribution in [0.15, 0.2) is 48.8 Å². The maximum Gasteiger partial charge on any atom is 0.178 e. The molecule has 0 spiro atoms. The Kier molecular flexibility index (Phi) is 5.75. The van der Waals surface area contributed by atoms with Crippen molar-refractivity contribution in [2.24, 2.45) is 0 Å². The SMILES string of the molecule is CCn1c(=S)[nH]c2cc3c(N4CCN(C(=S)NCc5ccccc5)CC4)ncnc3cc21. The zero-order valence-corrected chi connectivity index (χ0v) is 19.5. The fourth-order valence-corrected chi connectivity index (χ4v) is 4.86. The number of thiocarbonyl (C=S) groups is 1. The summed E-state index contributed by atoms with van der Waals surface area (Å²) in [6.07, 6.45) is 1.65. The summed E-state index contributed by atoms with van der Waals surface area (Å²) in [4.78, 5) is 17.0. The van der Waals surface area contributed by atoms with Crippen molar-refractivity contribution in [3.63, 3.8) is 0 Å². The largest absolute Gasteiger partial charge is 0.358 e. The molecule has 0 saturated carbocycles. The van der Waals surface area contributed by atoms with Gasteiger partial charge in [0, 0.05) is 44.7 Å². The predicted molar refractivity (Wildman–Crippen MR) is 136 cm³/mol. The molecule has 1 aliphatic rings. The molecule has 5 rings (SSSR count). The Balaban J connectivity index is 1.32. The van der Waals surface area contributed by atoms with Crippen LogP contribution in [0.5, 0.6) is 0 Å². The number of aromatic nitrogens is 4. The van der Waals surface area contributed by atoms with Crippen LogP contribution in [0, 0.1) is 4.77 Å². The second kappa shape index (κ2) is 8.84. The fourth-order valence-electron chi connectivity index (χ4n) is 4.27. The van der Waals surface area contributed by atoms with Crippen LogP contribution in [0.1, 0.15) is 12.5 Å². The lowest BCUT2D eigenvalue weighted by Crippen LogP contribution is -2.51. The number of nitrogens with one attached hydrogen (secondary N) is 2. The van der Waals surface area contributed by atoms with Crippen LogP contribution in [0.25, 0.3) is 21.9 Å². The molecule has 0 bridgehead atoms. The van der Waals surface area contributed by atoms with Crippen molar-refractivity contribution >= 4 is 57.3 Å². The maximum absolute atomic E-state index is 5.64. The van der Waals surface area contributed by atoms with Gasteiger partial charge in [-0.25, -0.2) is 9.97 Å². The van der Waals surface area contributed by atoms with Crippen molar-refractivity contribution in [2.75, 3.05) is 31.1 Å². The molecule has 0 amide bonds. The van der Waals surface area contributed by atoms with Crippen molar-refractivity contribution < 1.29 is 0 Å². The lowest BCUT2D eigenvalue weighted by molar-refractivity contribution is 0.379. The highest BCUT2D eigenvalue weighted by atomic mass is 32.1. The first kappa shape index (κ1) is 20.8. The van der Waals surface area contributed by atoms with Gasteiger partial charge >= 0.3 is 0 Å². The molecule has 0 radical (unpaired) electrons. The molecule has 1 fully saturated rings. The first-order chi connectivity index (χ1) is 15.6. The summed E-state index contributed by atoms with van der Waals surface area (Å²) in [5.74, 6) is 0.961. The van der Waals surface area contributed by atoms with Crippen LogP contribution in [0.4, 0.5) is 5.82 Å². The van der Waals surface area contributed by atoms with Gasteiger partial charge in [0.05, 0.1) is 16.6 Å². The van der Waals surface area contributed by atoms with Crippen molar-refractivity contribution in [2.45, 2.75) is 20.0 Å². The zero-order valence-electron chi connectivity index (χ0n) is 17.9. The molecule has 2 N–H and O–H groups in total. The highest BCUT2D eigenvalue weighted by Crippen LogP contribution is 2.28. The molecule has 1 aliphatic heterocycles. The molecule has 0 unspecified atom stereocenters. The van der Waals surface area contributed by atoms with E-state index in [1.165, 1.54) is 5.56 Å². The topological polar surface area (TPSA) is 65.0 Å². The smallest absolute Gasteiger partial charge is 0.178 e. The quantitative estimate of drug-likeness (QED) is 0.446. The highest BCUT2D eigenvalue weighted by molar-refractivity contribution is 7.80. The first-order valence-corrected chi connectivity index (χ1v) is 11.6. The molecule has 9 heteroatoms. The van der Waals surface area contributed by atoms with E-state index in [0.29, 0.717) is 0 Å². The standard InChI is InChI=1S/C23H25N7S2/c1-2-30-20-13-18-17(12-19(20)27-23(30)32)21(26-15-25-18)28-8-10-29(11-9-28)22(31)24-14-16-6-4-3-5-7-16/h3-7,12-13,15H,2,8-11,14H2,1H3,(H,24,31)(H,27,32). The molecule has 1 saturated heterocycles. The summed E-state index contributed by atoms with van der Waals surface area (Å²) in [6, 6.07) is 14.5. The van der Waals surface area contributed by atoms with E-state index in [9.17, 15) is 0 Å². The number of piperazine rings is 1. The lowest BCUT2D eigenvalue weighted by atomic mass is 10.2. The van der Waals surface area contributed by atoms with Crippen molar-refractivity contribution in [3.8, 4) is 0 Å². The normalized spacial score (nSPS) is 14.3. The van der Waals surface area contributed by atoms with E-state index in [1.54, 1.807) is 6.33 Å². The van der Waals surface area contributed by atoms with E-state index in [1.807, 2.05) is 18.2 Å². The highest BCUT2D eigenvalue weighted by Gasteiger charge is 2.22. The van der Waals surface area contributed by atoms with Gasteiger partial charge in [-0.15, -0.1) is 0 Å². The monoisotopic (exact) mass is 463 g/mol. The summed E-state index contributed by atoms with van der Waals surface area (Å²) in [5, 5.41) is 5.22. The number of rotatable bonds is 4. The maximum atomic E-state index is 5.64. The molecule has 2 aromatic heterocycles. The minimum atomic E-state index is 0.734. The van der Waals surface area contributed by atoms with Crippen molar-refractivity contribution in [3.05, 3.63) is 59.1 Å². The second-order valence-electron chi connectivity index (χ2n) is 7.88. The average molecular weight is 464 g/mol. The van der Waals surface area contributed by atoms with Gasteiger partial charge in [-0.3, -0.25) is 0 Å². The molecule has 0 atom stereocenters. The van der Waals surface area contributed by atoms with Crippen LogP contribution in [-0.4, -0.2) is 55.7 Å². The van der Waals surface area contributed by atoms with Gasteiger partial charge < -0.3 is 24.7 Å². The van der Waals surface area contributed by atoms with Crippen molar-refractivity contribution in [1.29, 1.82) is 0 Å². The van der Waals surface area contributed by atoms with E-state index in [-0.39, 0.29) is 0 Å². The van der Waals surface area contributed by atoms with Gasteiger partial charge in [0.1, 0.15) is 12.1 Å². The number of aryl methyl sites for hydroxylation is 1. The minimum absolute atomic E-state index is 0.734. The number of aromatic amines is 1. The number of hydrogen-bond donors (Lipinski definition) is 2. The van der Waals surface area contributed by atoms with Crippen LogP contribution >= 0.6 is 24.4 Å². The Morgan fingerprint density at radius 2 is 1.88 bits per heavy atom. The fraction of sp³-hybridized carbons (Fsp3) is 0.304. The number of H-pyrrole nitrogens is 1. The van der Waals surface area contributed by atoms with Crippen LogP contribution in [0.3, 0.4) is 0 Å². The molecule has 0 aliphatic carbocycles. The summed E-state index contributed by atoms with van der Waals surface area (Å²) < 4.78 is 2.83. The number of benzene rings is 2. The van der Waals surface area contributed by atoms with Gasteiger partial charge in [0.25, 0.3) is 0 Å². The van der Waals surface area contributed by atoms with Gasteiger partial charge in [-0.2, -0.15) is 0 Å². The van der Waals surface area contributed by atoms with E-state index in [4.69, 9.17) is 24.4 Å². The van der Waals surface area contributed by atoms with Gasteiger partial charge in [-0.1, -0.05) is 30.3 Å². The Hall–Kier alpha value is -3.04. The Bertz CT molecular complexity index is 1320. The van der Waals surface area contributed by atoms with Crippen LogP contribution in [0.2, 0.25) is 0 Å². The number of imidazole rings is 1. The van der Waals surface area contributed by atoms with Gasteiger partial charge in [0.15, 0.2) is 9.88 Å². The molecule has 7 nitrogen and oxygen atoms in total. The molecule has 3 heterocycles. The lowest BCUT2D eigenvalue weighted by Gasteiger charge is -2.37. The van der Waals surface area contributed by atoms with Crippen LogP contribution in [-0.2, 0) is 13.1 Å². The predicted octanol–water partition coefficient (Wildman–Crippen LogP) is 3.86. The molecule has 2 aromatic carbocycles. The first-order valence-electron chi connectivity index (χ1n) is 10.8. The number of anilines is 1. The Morgan fingerprint density at radius 1 is 1.09 bits per heavy atom. The zero-order chi connectivity index (χ0) is 22.1. The minimum Gasteiger partial charge on any atom is -0.358 e. The third-order valence-corrected chi connectivity index (χ3v) is 6.70. The number of nitrogens with zero attached hydrogens (tertiary/aromatic N) is 5. The molecule has 32 heavy (non-hydrogen) atoms. The summed E-state index contributed by atoms with van der Waals surface area (Å²) in [7, 11) is 0. The van der Waals surface area contributed by atoms with E-state index >= 15 is 0 Å². The van der Waals surface area contributed by atoms with E-state index in [0.717, 1.165) is 76.9 Å². The third kappa shape index (κ3) is 3.93. The van der Waals surface area contributed by atoms with Gasteiger partial charge in [-0.05, 0) is 49.1 Å². The second-order valence-corrected chi connectivity index (χ2v) is 8.65. The Labute approximate surface area is 197 Å². The summed E-state index contributed by atoms with van der Waals surface area (Å²) in [5.41, 5.74) is 4.25. The molecule has 4 aromatic rings. The molecule has 164 valence electrons. The Morgan fingerprint density at radius 3 is 2.62 bits per heavy atom. The number of fused-ring (bicyclic) bond motifs is 2. The summed E-state index contributed by atoms with van der Waals surface area (Å²) >= 11 is 11.1. The number of hydrogen-bond acceptors (Lipinski definition) is 5. The van der Waals surface area contributed by atoms with Gasteiger partial charge in [0.2, 0.25) is 0 Å².